The monoisotopic (exact) mass is 539 g/mol. The number of nitrogens with one attached hydrogen (secondary N) is 2. The van der Waals surface area contributed by atoms with Crippen LogP contribution in [0, 0.1) is 17.6 Å². The van der Waals surface area contributed by atoms with Gasteiger partial charge in [-0.05, 0) is 55.0 Å². The molecule has 39 heavy (non-hydrogen) atoms. The number of hydrogen-bond donors (Lipinski definition) is 3. The summed E-state index contributed by atoms with van der Waals surface area (Å²) in [5.41, 5.74) is 3.37. The van der Waals surface area contributed by atoms with Gasteiger partial charge in [0.25, 0.3) is 0 Å². The van der Waals surface area contributed by atoms with E-state index >= 15 is 0 Å². The number of methoxy groups -OCH3 is 1. The van der Waals surface area contributed by atoms with Crippen LogP contribution in [0.4, 0.5) is 19.4 Å². The number of anilines is 1. The highest BCUT2D eigenvalue weighted by molar-refractivity contribution is 5.89. The minimum Gasteiger partial charge on any atom is -0.480 e. The molecule has 1 aliphatic heterocycles. The quantitative estimate of drug-likeness (QED) is 0.384. The predicted molar refractivity (Wildman–Crippen MR) is 140 cm³/mol. The largest absolute Gasteiger partial charge is 0.480 e. The number of carbonyl (C=O) groups excluding carboxylic acids is 1. The minimum atomic E-state index is -1.03. The first-order valence-corrected chi connectivity index (χ1v) is 13.0. The number of amides is 2. The maximum atomic E-state index is 14.1. The number of aryl methyl sites for hydroxylation is 1. The topological polar surface area (TPSA) is 109 Å². The number of likely N-dealkylation sites (tertiary alicyclic amines) is 1. The van der Waals surface area contributed by atoms with Gasteiger partial charge < -0.3 is 15.2 Å². The van der Waals surface area contributed by atoms with Crippen molar-refractivity contribution in [3.63, 3.8) is 0 Å². The van der Waals surface area contributed by atoms with Gasteiger partial charge in [-0.25, -0.2) is 18.3 Å². The highest BCUT2D eigenvalue weighted by atomic mass is 19.2. The summed E-state index contributed by atoms with van der Waals surface area (Å²) in [7, 11) is 1.43. The summed E-state index contributed by atoms with van der Waals surface area (Å²) in [6, 6.07) is 12.0. The van der Waals surface area contributed by atoms with E-state index < -0.39 is 29.7 Å². The molecule has 9 nitrogen and oxygen atoms in total. The molecule has 0 bridgehead atoms. The second kappa shape index (κ2) is 11.5. The van der Waals surface area contributed by atoms with Crippen molar-refractivity contribution >= 4 is 17.8 Å². The van der Waals surface area contributed by atoms with Crippen molar-refractivity contribution in [1.29, 1.82) is 0 Å². The van der Waals surface area contributed by atoms with Gasteiger partial charge in [-0.1, -0.05) is 24.3 Å². The van der Waals surface area contributed by atoms with Crippen molar-refractivity contribution < 1.29 is 28.2 Å². The van der Waals surface area contributed by atoms with E-state index in [2.05, 4.69) is 10.6 Å². The molecule has 3 N–H and O–H groups in total. The SMILES string of the molecule is COCC(C(=O)O)N1C[C@H](CNC(=O)Nc2c3c(nn2-c2ccccc2)CCC3)[C@H](c2ccc(F)c(F)c2)C1. The Morgan fingerprint density at radius 1 is 1.13 bits per heavy atom. The van der Waals surface area contributed by atoms with Crippen molar-refractivity contribution in [2.75, 3.05) is 38.7 Å². The lowest BCUT2D eigenvalue weighted by atomic mass is 9.89. The van der Waals surface area contributed by atoms with Gasteiger partial charge in [-0.15, -0.1) is 0 Å². The number of carboxylic acid groups (broad SMARTS) is 1. The summed E-state index contributed by atoms with van der Waals surface area (Å²) in [6.07, 6.45) is 2.65. The van der Waals surface area contributed by atoms with Crippen LogP contribution in [0.2, 0.25) is 0 Å². The molecule has 1 aliphatic carbocycles. The smallest absolute Gasteiger partial charge is 0.323 e. The Morgan fingerprint density at radius 3 is 2.64 bits per heavy atom. The minimum absolute atomic E-state index is 0.0188. The van der Waals surface area contributed by atoms with Gasteiger partial charge in [0, 0.05) is 38.2 Å². The Balaban J connectivity index is 1.33. The van der Waals surface area contributed by atoms with Gasteiger partial charge >= 0.3 is 12.0 Å². The number of halogens is 2. The third-order valence-corrected chi connectivity index (χ3v) is 7.56. The summed E-state index contributed by atoms with van der Waals surface area (Å²) in [6.45, 7) is 0.817. The first kappa shape index (κ1) is 26.8. The molecule has 1 fully saturated rings. The van der Waals surface area contributed by atoms with Crippen LogP contribution in [0.5, 0.6) is 0 Å². The van der Waals surface area contributed by atoms with E-state index in [1.807, 2.05) is 30.3 Å². The molecule has 0 spiro atoms. The molecule has 2 aromatic carbocycles. The number of hydrogen-bond acceptors (Lipinski definition) is 5. The van der Waals surface area contributed by atoms with Crippen LogP contribution < -0.4 is 10.6 Å². The summed E-state index contributed by atoms with van der Waals surface area (Å²) in [5, 5.41) is 20.3. The van der Waals surface area contributed by atoms with Gasteiger partial charge in [-0.2, -0.15) is 5.10 Å². The summed E-state index contributed by atoms with van der Waals surface area (Å²) >= 11 is 0. The number of nitrogens with zero attached hydrogens (tertiary/aromatic N) is 3. The summed E-state index contributed by atoms with van der Waals surface area (Å²) < 4.78 is 34.6. The highest BCUT2D eigenvalue weighted by Gasteiger charge is 2.40. The van der Waals surface area contributed by atoms with Gasteiger partial charge in [0.05, 0.1) is 18.0 Å². The average Bonchev–Trinajstić information content (AvgIpc) is 3.64. The van der Waals surface area contributed by atoms with E-state index in [9.17, 15) is 23.5 Å². The Hall–Kier alpha value is -3.83. The normalized spacial score (nSPS) is 19.6. The first-order valence-electron chi connectivity index (χ1n) is 13.0. The molecular weight excluding hydrogens is 508 g/mol. The number of carboxylic acids is 1. The molecular formula is C28H31F2N5O4. The molecule has 3 atom stereocenters. The van der Waals surface area contributed by atoms with Crippen LogP contribution in [0.15, 0.2) is 48.5 Å². The van der Waals surface area contributed by atoms with Gasteiger partial charge in [0.2, 0.25) is 0 Å². The lowest BCUT2D eigenvalue weighted by molar-refractivity contribution is -0.144. The Labute approximate surface area is 224 Å². The average molecular weight is 540 g/mol. The van der Waals surface area contributed by atoms with E-state index in [0.717, 1.165) is 48.3 Å². The number of carbonyl (C=O) groups is 2. The van der Waals surface area contributed by atoms with Gasteiger partial charge in [0.15, 0.2) is 11.6 Å². The zero-order valence-electron chi connectivity index (χ0n) is 21.6. The van der Waals surface area contributed by atoms with Crippen molar-refractivity contribution in [2.24, 2.45) is 5.92 Å². The molecule has 0 saturated carbocycles. The fourth-order valence-electron chi connectivity index (χ4n) is 5.63. The molecule has 2 aliphatic rings. The Bertz CT molecular complexity index is 1350. The molecule has 3 aromatic rings. The van der Waals surface area contributed by atoms with E-state index in [-0.39, 0.29) is 25.0 Å². The molecule has 1 saturated heterocycles. The van der Waals surface area contributed by atoms with Crippen LogP contribution in [-0.2, 0) is 22.4 Å². The summed E-state index contributed by atoms with van der Waals surface area (Å²) in [4.78, 5) is 26.8. The Kier molecular flexibility index (Phi) is 7.89. The maximum absolute atomic E-state index is 14.1. The van der Waals surface area contributed by atoms with Crippen molar-refractivity contribution in [1.82, 2.24) is 20.0 Å². The number of para-hydroxylation sites is 1. The fourth-order valence-corrected chi connectivity index (χ4v) is 5.63. The second-order valence-electron chi connectivity index (χ2n) is 10.0. The zero-order valence-corrected chi connectivity index (χ0v) is 21.6. The van der Waals surface area contributed by atoms with E-state index in [0.29, 0.717) is 24.5 Å². The zero-order chi connectivity index (χ0) is 27.5. The number of aromatic nitrogens is 2. The van der Waals surface area contributed by atoms with Gasteiger partial charge in [0.1, 0.15) is 11.9 Å². The Morgan fingerprint density at radius 2 is 1.92 bits per heavy atom. The van der Waals surface area contributed by atoms with Crippen LogP contribution in [-0.4, -0.2) is 71.2 Å². The molecule has 1 unspecified atom stereocenters. The lowest BCUT2D eigenvalue weighted by Crippen LogP contribution is -2.43. The van der Waals surface area contributed by atoms with E-state index in [1.165, 1.54) is 13.2 Å². The third kappa shape index (κ3) is 5.64. The predicted octanol–water partition coefficient (Wildman–Crippen LogP) is 3.58. The number of fused-ring (bicyclic) bond motifs is 1. The van der Waals surface area contributed by atoms with Crippen LogP contribution in [0.3, 0.4) is 0 Å². The second-order valence-corrected chi connectivity index (χ2v) is 10.0. The summed E-state index contributed by atoms with van der Waals surface area (Å²) in [5.74, 6) is -2.89. The highest BCUT2D eigenvalue weighted by Crippen LogP contribution is 2.35. The van der Waals surface area contributed by atoms with Crippen molar-refractivity contribution in [3.8, 4) is 5.69 Å². The van der Waals surface area contributed by atoms with Crippen molar-refractivity contribution in [2.45, 2.75) is 31.2 Å². The number of rotatable bonds is 9. The van der Waals surface area contributed by atoms with Crippen LogP contribution in [0.1, 0.15) is 29.2 Å². The van der Waals surface area contributed by atoms with Gasteiger partial charge in [-0.3, -0.25) is 15.0 Å². The molecule has 5 rings (SSSR count). The van der Waals surface area contributed by atoms with Crippen LogP contribution in [0.25, 0.3) is 5.69 Å². The standard InChI is InChI=1S/C28H31F2N5O4/c1-39-16-25(27(36)37)34-14-18(21(15-34)17-10-11-22(29)23(30)12-17)13-31-28(38)32-26-20-8-5-9-24(20)33-35(26)19-6-3-2-4-7-19/h2-4,6-7,10-12,18,21,25H,5,8-9,13-16H2,1H3,(H,36,37)(H2,31,32,38)/t18-,21-,25?/m0/s1. The molecule has 0 radical (unpaired) electrons. The molecule has 1 aromatic heterocycles. The number of ether oxygens (including phenoxy) is 1. The van der Waals surface area contributed by atoms with Crippen LogP contribution >= 0.6 is 0 Å². The number of urea groups is 1. The fraction of sp³-hybridized carbons (Fsp3) is 0.393. The molecule has 2 heterocycles. The lowest BCUT2D eigenvalue weighted by Gasteiger charge is -2.23. The van der Waals surface area contributed by atoms with Crippen molar-refractivity contribution in [3.05, 3.63) is 77.0 Å². The molecule has 11 heteroatoms. The van der Waals surface area contributed by atoms with E-state index in [4.69, 9.17) is 9.84 Å². The molecule has 2 amide bonds. The number of benzene rings is 2. The first-order chi connectivity index (χ1) is 18.9. The molecule has 206 valence electrons. The maximum Gasteiger partial charge on any atom is 0.323 e. The third-order valence-electron chi connectivity index (χ3n) is 7.56. The number of aliphatic carboxylic acids is 1. The van der Waals surface area contributed by atoms with E-state index in [1.54, 1.807) is 9.58 Å².